The maximum Gasteiger partial charge on any atom is 0.331 e. The van der Waals surface area contributed by atoms with Gasteiger partial charge in [-0.1, -0.05) is 30.3 Å². The Labute approximate surface area is 109 Å². The van der Waals surface area contributed by atoms with Gasteiger partial charge in [0, 0.05) is 0 Å². The van der Waals surface area contributed by atoms with Gasteiger partial charge in [-0.2, -0.15) is 0 Å². The predicted molar refractivity (Wildman–Crippen MR) is 64.0 cm³/mol. The van der Waals surface area contributed by atoms with Crippen LogP contribution in [0.5, 0.6) is 0 Å². The highest BCUT2D eigenvalue weighted by Gasteiger charge is 2.38. The molecule has 1 atom stereocenters. The molecule has 1 N–H and O–H groups in total. The summed E-state index contributed by atoms with van der Waals surface area (Å²) in [5.74, 6) is -2.12. The van der Waals surface area contributed by atoms with Crippen LogP contribution in [0.15, 0.2) is 30.3 Å². The molecule has 1 amide bonds. The van der Waals surface area contributed by atoms with Crippen molar-refractivity contribution < 1.29 is 24.2 Å². The Bertz CT molecular complexity index is 499. The van der Waals surface area contributed by atoms with E-state index in [1.807, 2.05) is 18.2 Å². The van der Waals surface area contributed by atoms with Crippen molar-refractivity contribution in [2.45, 2.75) is 18.9 Å². The van der Waals surface area contributed by atoms with E-state index in [1.54, 1.807) is 12.1 Å². The third-order valence-corrected chi connectivity index (χ3v) is 2.88. The number of amides is 1. The number of ether oxygens (including phenoxy) is 1. The second kappa shape index (κ2) is 5.51. The third kappa shape index (κ3) is 3.09. The first-order valence-electron chi connectivity index (χ1n) is 5.80. The average Bonchev–Trinajstić information content (AvgIpc) is 2.72. The molecule has 1 heterocycles. The lowest BCUT2D eigenvalue weighted by Gasteiger charge is -2.18. The van der Waals surface area contributed by atoms with Gasteiger partial charge in [0.1, 0.15) is 6.04 Å². The number of carboxylic acids is 1. The molecule has 1 aromatic rings. The number of carbonyl (C=O) groups is 3. The second-order valence-electron chi connectivity index (χ2n) is 4.23. The van der Waals surface area contributed by atoms with Gasteiger partial charge in [-0.05, 0) is 5.56 Å². The summed E-state index contributed by atoms with van der Waals surface area (Å²) in [6.07, 6.45) is -0.313. The molecule has 1 aliphatic rings. The molecule has 0 aromatic heterocycles. The van der Waals surface area contributed by atoms with E-state index in [9.17, 15) is 14.4 Å². The summed E-state index contributed by atoms with van der Waals surface area (Å²) < 4.78 is 4.74. The topological polar surface area (TPSA) is 83.9 Å². The van der Waals surface area contributed by atoms with Crippen LogP contribution in [0.4, 0.5) is 0 Å². The number of carboxylic acid groups (broad SMARTS) is 1. The molecule has 0 aliphatic carbocycles. The molecule has 6 heteroatoms. The molecule has 1 aliphatic heterocycles. The van der Waals surface area contributed by atoms with E-state index in [4.69, 9.17) is 9.84 Å². The molecular weight excluding hydrogens is 250 g/mol. The summed E-state index contributed by atoms with van der Waals surface area (Å²) in [4.78, 5) is 35.3. The van der Waals surface area contributed by atoms with Crippen molar-refractivity contribution in [1.82, 2.24) is 4.90 Å². The molecule has 0 unspecified atom stereocenters. The van der Waals surface area contributed by atoms with Crippen molar-refractivity contribution in [3.8, 4) is 0 Å². The van der Waals surface area contributed by atoms with Gasteiger partial charge in [0.15, 0.2) is 6.73 Å². The number of aliphatic carboxylic acids is 1. The molecule has 1 saturated heterocycles. The summed E-state index contributed by atoms with van der Waals surface area (Å²) in [7, 11) is 0. The number of hydrogen-bond acceptors (Lipinski definition) is 4. The van der Waals surface area contributed by atoms with Gasteiger partial charge in [-0.25, -0.2) is 4.79 Å². The van der Waals surface area contributed by atoms with Crippen LogP contribution >= 0.6 is 0 Å². The molecule has 6 nitrogen and oxygen atoms in total. The van der Waals surface area contributed by atoms with Crippen molar-refractivity contribution in [1.29, 1.82) is 0 Å². The zero-order chi connectivity index (χ0) is 13.8. The zero-order valence-electron chi connectivity index (χ0n) is 10.1. The van der Waals surface area contributed by atoms with E-state index in [2.05, 4.69) is 0 Å². The SMILES string of the molecule is O=C(O)C[C@H]1C(=O)OCN1C(=O)Cc1ccccc1. The molecule has 1 aromatic carbocycles. The van der Waals surface area contributed by atoms with Gasteiger partial charge in [0.25, 0.3) is 0 Å². The Hall–Kier alpha value is -2.37. The summed E-state index contributed by atoms with van der Waals surface area (Å²) in [5, 5.41) is 8.74. The van der Waals surface area contributed by atoms with Gasteiger partial charge in [0.2, 0.25) is 5.91 Å². The van der Waals surface area contributed by atoms with Crippen molar-refractivity contribution in [2.24, 2.45) is 0 Å². The molecule has 100 valence electrons. The smallest absolute Gasteiger partial charge is 0.331 e. The summed E-state index contributed by atoms with van der Waals surface area (Å²) in [6.45, 7) is -0.178. The fourth-order valence-electron chi connectivity index (χ4n) is 1.92. The number of esters is 1. The lowest BCUT2D eigenvalue weighted by Crippen LogP contribution is -2.40. The van der Waals surface area contributed by atoms with Crippen LogP contribution in [-0.2, 0) is 25.5 Å². The van der Waals surface area contributed by atoms with Crippen LogP contribution in [0.3, 0.4) is 0 Å². The summed E-state index contributed by atoms with van der Waals surface area (Å²) in [6, 6.07) is 8.02. The predicted octanol–water partition coefficient (Wildman–Crippen LogP) is 0.415. The molecule has 2 rings (SSSR count). The average molecular weight is 263 g/mol. The van der Waals surface area contributed by atoms with Crippen LogP contribution in [0.2, 0.25) is 0 Å². The largest absolute Gasteiger partial charge is 0.481 e. The fraction of sp³-hybridized carbons (Fsp3) is 0.308. The van der Waals surface area contributed by atoms with E-state index in [0.29, 0.717) is 0 Å². The Morgan fingerprint density at radius 2 is 2.00 bits per heavy atom. The van der Waals surface area contributed by atoms with E-state index in [1.165, 1.54) is 4.90 Å². The Balaban J connectivity index is 2.05. The molecule has 19 heavy (non-hydrogen) atoms. The van der Waals surface area contributed by atoms with Crippen molar-refractivity contribution >= 4 is 17.8 Å². The first kappa shape index (κ1) is 13.1. The van der Waals surface area contributed by atoms with Crippen LogP contribution in [0.25, 0.3) is 0 Å². The Morgan fingerprint density at radius 1 is 1.32 bits per heavy atom. The number of hydrogen-bond donors (Lipinski definition) is 1. The lowest BCUT2D eigenvalue weighted by atomic mass is 10.1. The van der Waals surface area contributed by atoms with E-state index < -0.39 is 24.4 Å². The highest BCUT2D eigenvalue weighted by atomic mass is 16.6. The molecule has 0 radical (unpaired) electrons. The van der Waals surface area contributed by atoms with Gasteiger partial charge in [0.05, 0.1) is 12.8 Å². The number of benzene rings is 1. The standard InChI is InChI=1S/C13H13NO5/c15-11(6-9-4-2-1-3-5-9)14-8-19-13(18)10(14)7-12(16)17/h1-5,10H,6-8H2,(H,16,17)/t10-/m0/s1. The molecule has 0 spiro atoms. The molecule has 0 saturated carbocycles. The third-order valence-electron chi connectivity index (χ3n) is 2.88. The van der Waals surface area contributed by atoms with Gasteiger partial charge < -0.3 is 9.84 Å². The lowest BCUT2D eigenvalue weighted by molar-refractivity contribution is -0.145. The minimum Gasteiger partial charge on any atom is -0.481 e. The first-order valence-corrected chi connectivity index (χ1v) is 5.80. The van der Waals surface area contributed by atoms with E-state index in [-0.39, 0.29) is 19.1 Å². The summed E-state index contributed by atoms with van der Waals surface area (Å²) >= 11 is 0. The maximum atomic E-state index is 12.1. The Morgan fingerprint density at radius 3 is 2.63 bits per heavy atom. The van der Waals surface area contributed by atoms with Crippen molar-refractivity contribution in [2.75, 3.05) is 6.73 Å². The number of carbonyl (C=O) groups excluding carboxylic acids is 2. The van der Waals surface area contributed by atoms with E-state index in [0.717, 1.165) is 5.56 Å². The normalized spacial score (nSPS) is 18.2. The van der Waals surface area contributed by atoms with Crippen LogP contribution in [-0.4, -0.2) is 40.6 Å². The highest BCUT2D eigenvalue weighted by molar-refractivity contribution is 5.90. The number of rotatable bonds is 4. The van der Waals surface area contributed by atoms with Gasteiger partial charge in [-0.15, -0.1) is 0 Å². The van der Waals surface area contributed by atoms with Crippen LogP contribution in [0, 0.1) is 0 Å². The zero-order valence-corrected chi connectivity index (χ0v) is 10.1. The molecule has 0 bridgehead atoms. The minimum atomic E-state index is -1.14. The fourth-order valence-corrected chi connectivity index (χ4v) is 1.92. The first-order chi connectivity index (χ1) is 9.08. The van der Waals surface area contributed by atoms with Gasteiger partial charge >= 0.3 is 11.9 Å². The molecule has 1 fully saturated rings. The highest BCUT2D eigenvalue weighted by Crippen LogP contribution is 2.16. The Kier molecular flexibility index (Phi) is 3.79. The number of nitrogens with zero attached hydrogens (tertiary/aromatic N) is 1. The van der Waals surface area contributed by atoms with Crippen molar-refractivity contribution in [3.05, 3.63) is 35.9 Å². The monoisotopic (exact) mass is 263 g/mol. The van der Waals surface area contributed by atoms with Crippen LogP contribution < -0.4 is 0 Å². The van der Waals surface area contributed by atoms with Gasteiger partial charge in [-0.3, -0.25) is 14.5 Å². The van der Waals surface area contributed by atoms with E-state index >= 15 is 0 Å². The van der Waals surface area contributed by atoms with Crippen LogP contribution in [0.1, 0.15) is 12.0 Å². The second-order valence-corrected chi connectivity index (χ2v) is 4.23. The van der Waals surface area contributed by atoms with Crippen molar-refractivity contribution in [3.63, 3.8) is 0 Å². The quantitative estimate of drug-likeness (QED) is 0.796. The minimum absolute atomic E-state index is 0.119. The summed E-state index contributed by atoms with van der Waals surface area (Å²) in [5.41, 5.74) is 0.806. The maximum absolute atomic E-state index is 12.1. The number of cyclic esters (lactones) is 1. The molecular formula is C13H13NO5.